The van der Waals surface area contributed by atoms with Gasteiger partial charge in [0.25, 0.3) is 5.91 Å². The van der Waals surface area contributed by atoms with E-state index in [9.17, 15) is 14.3 Å². The van der Waals surface area contributed by atoms with Crippen molar-refractivity contribution in [3.8, 4) is 5.75 Å². The van der Waals surface area contributed by atoms with Gasteiger partial charge in [-0.3, -0.25) is 4.79 Å². The second-order valence-corrected chi connectivity index (χ2v) is 7.34. The Morgan fingerprint density at radius 1 is 1.36 bits per heavy atom. The summed E-state index contributed by atoms with van der Waals surface area (Å²) >= 11 is 5.71. The van der Waals surface area contributed by atoms with Crippen LogP contribution in [0.15, 0.2) is 18.2 Å². The summed E-state index contributed by atoms with van der Waals surface area (Å²) in [7, 11) is 0. The van der Waals surface area contributed by atoms with E-state index in [1.54, 1.807) is 0 Å². The minimum atomic E-state index is -0.520. The van der Waals surface area contributed by atoms with Crippen molar-refractivity contribution >= 4 is 17.5 Å². The molecule has 0 aromatic heterocycles. The van der Waals surface area contributed by atoms with Crippen LogP contribution in [0.4, 0.5) is 4.39 Å². The average Bonchev–Trinajstić information content (AvgIpc) is 2.59. The van der Waals surface area contributed by atoms with Crippen molar-refractivity contribution in [2.45, 2.75) is 37.8 Å². The maximum Gasteiger partial charge on any atom is 0.258 e. The molecule has 3 rings (SSSR count). The van der Waals surface area contributed by atoms with Crippen molar-refractivity contribution in [2.75, 3.05) is 19.7 Å². The number of hydrogen-bond acceptors (Lipinski definition) is 4. The minimum absolute atomic E-state index is 0.0334. The number of amides is 1. The van der Waals surface area contributed by atoms with Crippen LogP contribution in [0.3, 0.4) is 0 Å². The topological polar surface area (TPSA) is 70.6 Å². The van der Waals surface area contributed by atoms with Crippen LogP contribution < -0.4 is 15.4 Å². The van der Waals surface area contributed by atoms with Gasteiger partial charge in [-0.05, 0) is 62.7 Å². The Bertz CT molecular complexity index is 604. The van der Waals surface area contributed by atoms with Gasteiger partial charge in [-0.2, -0.15) is 0 Å². The molecule has 0 spiro atoms. The zero-order valence-corrected chi connectivity index (χ0v) is 14.8. The number of piperidine rings is 1. The van der Waals surface area contributed by atoms with E-state index < -0.39 is 5.82 Å². The van der Waals surface area contributed by atoms with Gasteiger partial charge in [0.05, 0.1) is 11.1 Å². The van der Waals surface area contributed by atoms with Crippen LogP contribution in [-0.2, 0) is 4.79 Å². The maximum absolute atomic E-state index is 13.1. The van der Waals surface area contributed by atoms with E-state index in [2.05, 4.69) is 10.6 Å². The second kappa shape index (κ2) is 8.34. The molecule has 3 N–H and O–H groups in total. The molecule has 138 valence electrons. The summed E-state index contributed by atoms with van der Waals surface area (Å²) in [5.41, 5.74) is 0. The first-order chi connectivity index (χ1) is 12.0. The highest BCUT2D eigenvalue weighted by molar-refractivity contribution is 6.30. The fourth-order valence-electron chi connectivity index (χ4n) is 3.69. The molecule has 1 aliphatic heterocycles. The molecule has 1 saturated heterocycles. The van der Waals surface area contributed by atoms with Crippen molar-refractivity contribution < 1.29 is 19.0 Å². The van der Waals surface area contributed by atoms with Gasteiger partial charge in [-0.25, -0.2) is 4.39 Å². The second-order valence-electron chi connectivity index (χ2n) is 6.93. The number of halogens is 2. The highest BCUT2D eigenvalue weighted by Gasteiger charge is 2.39. The van der Waals surface area contributed by atoms with E-state index in [4.69, 9.17) is 16.3 Å². The van der Waals surface area contributed by atoms with Gasteiger partial charge in [0.15, 0.2) is 6.61 Å². The van der Waals surface area contributed by atoms with Crippen LogP contribution >= 0.6 is 11.6 Å². The number of hydrogen-bond donors (Lipinski definition) is 3. The molecule has 25 heavy (non-hydrogen) atoms. The largest absolute Gasteiger partial charge is 0.484 e. The molecule has 1 atom stereocenters. The number of rotatable bonds is 6. The van der Waals surface area contributed by atoms with Gasteiger partial charge in [-0.15, -0.1) is 0 Å². The molecule has 0 radical (unpaired) electrons. The highest BCUT2D eigenvalue weighted by atomic mass is 35.5. The molecule has 1 aliphatic carbocycles. The monoisotopic (exact) mass is 370 g/mol. The summed E-state index contributed by atoms with van der Waals surface area (Å²) in [6.45, 7) is 1.77. The third-order valence-corrected chi connectivity index (χ3v) is 5.43. The smallest absolute Gasteiger partial charge is 0.258 e. The fraction of sp³-hybridized carbons (Fsp3) is 0.611. The van der Waals surface area contributed by atoms with Crippen LogP contribution in [0.2, 0.25) is 5.02 Å². The van der Waals surface area contributed by atoms with Crippen molar-refractivity contribution in [3.05, 3.63) is 29.0 Å². The third kappa shape index (κ3) is 4.84. The predicted molar refractivity (Wildman–Crippen MR) is 93.2 cm³/mol. The van der Waals surface area contributed by atoms with E-state index in [-0.39, 0.29) is 29.7 Å². The van der Waals surface area contributed by atoms with Crippen molar-refractivity contribution in [3.63, 3.8) is 0 Å². The Kier molecular flexibility index (Phi) is 6.15. The molecule has 2 fully saturated rings. The first kappa shape index (κ1) is 18.4. The summed E-state index contributed by atoms with van der Waals surface area (Å²) in [6, 6.07) is 4.08. The number of carbonyl (C=O) groups excluding carboxylic acids is 1. The minimum Gasteiger partial charge on any atom is -0.484 e. The lowest BCUT2D eigenvalue weighted by molar-refractivity contribution is -0.125. The summed E-state index contributed by atoms with van der Waals surface area (Å²) in [5, 5.41) is 16.0. The van der Waals surface area contributed by atoms with Crippen molar-refractivity contribution in [1.29, 1.82) is 0 Å². The lowest BCUT2D eigenvalue weighted by Gasteiger charge is -2.43. The SMILES string of the molecule is O=C(COc1ccc(F)c(Cl)c1)N[C@H](C1CCNCC1)C1CC(O)C1. The lowest BCUT2D eigenvalue weighted by Crippen LogP contribution is -2.53. The quantitative estimate of drug-likeness (QED) is 0.717. The molecule has 0 unspecified atom stereocenters. The van der Waals surface area contributed by atoms with Gasteiger partial charge < -0.3 is 20.5 Å². The predicted octanol–water partition coefficient (Wildman–Crippen LogP) is 2.11. The summed E-state index contributed by atoms with van der Waals surface area (Å²) < 4.78 is 18.6. The van der Waals surface area contributed by atoms with Gasteiger partial charge in [0.1, 0.15) is 11.6 Å². The molecular weight excluding hydrogens is 347 g/mol. The summed E-state index contributed by atoms with van der Waals surface area (Å²) in [6.07, 6.45) is 3.27. The number of benzene rings is 1. The third-order valence-electron chi connectivity index (χ3n) is 5.14. The number of nitrogens with one attached hydrogen (secondary N) is 2. The molecule has 1 heterocycles. The highest BCUT2D eigenvalue weighted by Crippen LogP contribution is 2.35. The number of carbonyl (C=O) groups is 1. The normalized spacial score (nSPS) is 25.1. The average molecular weight is 371 g/mol. The standard InChI is InChI=1S/C18H24ClFN2O3/c19-15-9-14(1-2-16(15)20)25-10-17(24)22-18(12-7-13(23)8-12)11-3-5-21-6-4-11/h1-2,9,11-13,18,21,23H,3-8,10H2,(H,22,24)/t12?,13?,18-/m1/s1. The molecule has 1 aromatic carbocycles. The Morgan fingerprint density at radius 2 is 2.08 bits per heavy atom. The molecule has 1 aromatic rings. The Morgan fingerprint density at radius 3 is 2.72 bits per heavy atom. The summed E-state index contributed by atoms with van der Waals surface area (Å²) in [5.74, 6) is 0.377. The first-order valence-corrected chi connectivity index (χ1v) is 9.16. The first-order valence-electron chi connectivity index (χ1n) is 8.79. The molecule has 5 nitrogen and oxygen atoms in total. The van der Waals surface area contributed by atoms with E-state index >= 15 is 0 Å². The Labute approximate surface area is 151 Å². The fourth-order valence-corrected chi connectivity index (χ4v) is 3.86. The van der Waals surface area contributed by atoms with Crippen molar-refractivity contribution in [1.82, 2.24) is 10.6 Å². The van der Waals surface area contributed by atoms with Gasteiger partial charge >= 0.3 is 0 Å². The molecular formula is C18H24ClFN2O3. The summed E-state index contributed by atoms with van der Waals surface area (Å²) in [4.78, 5) is 12.3. The maximum atomic E-state index is 13.1. The van der Waals surface area contributed by atoms with E-state index in [1.165, 1.54) is 18.2 Å². The van der Waals surface area contributed by atoms with Crippen LogP contribution in [0.5, 0.6) is 5.75 Å². The molecule has 2 aliphatic rings. The van der Waals surface area contributed by atoms with E-state index in [0.717, 1.165) is 38.8 Å². The van der Waals surface area contributed by atoms with Crippen LogP contribution in [-0.4, -0.2) is 42.9 Å². The van der Waals surface area contributed by atoms with Crippen LogP contribution in [0, 0.1) is 17.7 Å². The molecule has 1 saturated carbocycles. The van der Waals surface area contributed by atoms with Gasteiger partial charge in [0, 0.05) is 12.1 Å². The molecule has 1 amide bonds. The van der Waals surface area contributed by atoms with E-state index in [1.807, 2.05) is 0 Å². The number of aliphatic hydroxyl groups excluding tert-OH is 1. The van der Waals surface area contributed by atoms with Crippen molar-refractivity contribution in [2.24, 2.45) is 11.8 Å². The molecule has 7 heteroatoms. The Balaban J connectivity index is 1.54. The number of aliphatic hydroxyl groups is 1. The Hall–Kier alpha value is -1.37. The zero-order valence-electron chi connectivity index (χ0n) is 14.0. The lowest BCUT2D eigenvalue weighted by atomic mass is 9.71. The van der Waals surface area contributed by atoms with Gasteiger partial charge in [0.2, 0.25) is 0 Å². The number of ether oxygens (including phenoxy) is 1. The van der Waals surface area contributed by atoms with Gasteiger partial charge in [-0.1, -0.05) is 11.6 Å². The molecule has 0 bridgehead atoms. The van der Waals surface area contributed by atoms with E-state index in [0.29, 0.717) is 17.6 Å². The zero-order chi connectivity index (χ0) is 17.8. The van der Waals surface area contributed by atoms with Crippen LogP contribution in [0.1, 0.15) is 25.7 Å². The van der Waals surface area contributed by atoms with Crippen LogP contribution in [0.25, 0.3) is 0 Å².